The van der Waals surface area contributed by atoms with Gasteiger partial charge in [0.05, 0.1) is 32.1 Å². The van der Waals surface area contributed by atoms with Crippen LogP contribution < -0.4 is 4.74 Å². The molecule has 150 valence electrons. The van der Waals surface area contributed by atoms with Crippen molar-refractivity contribution in [2.75, 3.05) is 26.1 Å². The predicted octanol–water partition coefficient (Wildman–Crippen LogP) is 0.278. The molecule has 0 radical (unpaired) electrons. The molecular weight excluding hydrogens is 382 g/mol. The number of nitrogens with zero attached hydrogens (tertiary/aromatic N) is 3. The number of rotatable bonds is 7. The van der Waals surface area contributed by atoms with E-state index >= 15 is 0 Å². The third kappa shape index (κ3) is 5.05. The number of urea groups is 1. The highest BCUT2D eigenvalue weighted by atomic mass is 35.5. The number of ether oxygens (including phenoxy) is 2. The molecule has 0 spiro atoms. The van der Waals surface area contributed by atoms with E-state index in [0.29, 0.717) is 16.3 Å². The lowest BCUT2D eigenvalue weighted by Crippen LogP contribution is -2.61. The van der Waals surface area contributed by atoms with Crippen LogP contribution in [0.15, 0.2) is 29.6 Å². The number of methoxy groups -OCH3 is 1. The number of nitroso groups, excluding NO2 is 1. The quantitative estimate of drug-likeness (QED) is 0.338. The zero-order valence-corrected chi connectivity index (χ0v) is 15.4. The summed E-state index contributed by atoms with van der Waals surface area (Å²) in [6, 6.07) is 5.90. The van der Waals surface area contributed by atoms with Gasteiger partial charge in [0.1, 0.15) is 24.1 Å². The predicted molar refractivity (Wildman–Crippen MR) is 94.9 cm³/mol. The van der Waals surface area contributed by atoms with Gasteiger partial charge in [0.2, 0.25) is 0 Å². The number of alkyl halides is 1. The highest BCUT2D eigenvalue weighted by molar-refractivity contribution is 6.18. The molecule has 2 amide bonds. The van der Waals surface area contributed by atoms with Gasteiger partial charge in [-0.15, -0.1) is 16.5 Å². The number of hydrogen-bond acceptors (Lipinski definition) is 8. The Labute approximate surface area is 160 Å². The van der Waals surface area contributed by atoms with Crippen molar-refractivity contribution in [2.24, 2.45) is 5.29 Å². The number of benzene rings is 1. The summed E-state index contributed by atoms with van der Waals surface area (Å²) in [6.45, 7) is -0.488. The topological polar surface area (TPSA) is 132 Å². The van der Waals surface area contributed by atoms with Crippen LogP contribution in [0.5, 0.6) is 5.75 Å². The number of hydrogen-bond donors (Lipinski definition) is 3. The Morgan fingerprint density at radius 1 is 1.30 bits per heavy atom. The lowest BCUT2D eigenvalue weighted by atomic mass is 10.0. The minimum atomic E-state index is -1.58. The average molecular weight is 404 g/mol. The van der Waals surface area contributed by atoms with Gasteiger partial charge in [-0.25, -0.2) is 4.79 Å². The molecule has 0 aliphatic carbocycles. The van der Waals surface area contributed by atoms with E-state index < -0.39 is 30.6 Å². The molecule has 0 aromatic heterocycles. The second-order valence-corrected chi connectivity index (χ2v) is 6.30. The first-order valence-corrected chi connectivity index (χ1v) is 8.72. The SMILES string of the molecule is COc1ccc(CN(C(=O)N(CCCl)N=O)[C@@H]2OC[C@@H](O)[C@@H](O)[C@@H]2O)cc1. The number of carbonyl (C=O) groups is 1. The molecule has 0 saturated carbocycles. The van der Waals surface area contributed by atoms with E-state index in [4.69, 9.17) is 21.1 Å². The van der Waals surface area contributed by atoms with Gasteiger partial charge in [0, 0.05) is 5.88 Å². The Balaban J connectivity index is 2.29. The smallest absolute Gasteiger partial charge is 0.345 e. The summed E-state index contributed by atoms with van der Waals surface area (Å²) < 4.78 is 10.4. The van der Waals surface area contributed by atoms with E-state index in [1.54, 1.807) is 24.3 Å². The van der Waals surface area contributed by atoms with E-state index in [2.05, 4.69) is 5.29 Å². The van der Waals surface area contributed by atoms with Crippen LogP contribution in [0.1, 0.15) is 5.56 Å². The fourth-order valence-electron chi connectivity index (χ4n) is 2.66. The maximum atomic E-state index is 12.8. The number of aliphatic hydroxyl groups excluding tert-OH is 3. The second-order valence-electron chi connectivity index (χ2n) is 5.92. The monoisotopic (exact) mass is 403 g/mol. The fraction of sp³-hybridized carbons (Fsp3) is 0.562. The van der Waals surface area contributed by atoms with E-state index in [1.165, 1.54) is 7.11 Å². The number of carbonyl (C=O) groups excluding carboxylic acids is 1. The Morgan fingerprint density at radius 3 is 2.52 bits per heavy atom. The molecule has 1 heterocycles. The van der Waals surface area contributed by atoms with Crippen LogP contribution >= 0.6 is 11.6 Å². The van der Waals surface area contributed by atoms with Gasteiger partial charge in [-0.2, -0.15) is 5.01 Å². The van der Waals surface area contributed by atoms with Gasteiger partial charge in [0.25, 0.3) is 0 Å². The van der Waals surface area contributed by atoms with Crippen molar-refractivity contribution in [3.05, 3.63) is 34.7 Å². The Morgan fingerprint density at radius 2 is 1.96 bits per heavy atom. The molecule has 1 aromatic carbocycles. The number of halogens is 1. The molecular formula is C16H22ClN3O7. The van der Waals surface area contributed by atoms with Crippen LogP contribution in [-0.2, 0) is 11.3 Å². The van der Waals surface area contributed by atoms with Crippen molar-refractivity contribution in [3.63, 3.8) is 0 Å². The molecule has 27 heavy (non-hydrogen) atoms. The average Bonchev–Trinajstić information content (AvgIpc) is 2.69. The van der Waals surface area contributed by atoms with Crippen molar-refractivity contribution >= 4 is 17.6 Å². The molecule has 1 aromatic rings. The van der Waals surface area contributed by atoms with Crippen LogP contribution in [0, 0.1) is 4.91 Å². The molecule has 0 unspecified atom stereocenters. The first-order chi connectivity index (χ1) is 12.9. The first-order valence-electron chi connectivity index (χ1n) is 8.19. The Hall–Kier alpha value is -1.98. The van der Waals surface area contributed by atoms with Crippen molar-refractivity contribution in [2.45, 2.75) is 31.1 Å². The van der Waals surface area contributed by atoms with Gasteiger partial charge < -0.3 is 24.8 Å². The van der Waals surface area contributed by atoms with Crippen LogP contribution in [0.2, 0.25) is 0 Å². The van der Waals surface area contributed by atoms with Crippen molar-refractivity contribution in [1.82, 2.24) is 9.91 Å². The minimum Gasteiger partial charge on any atom is -0.497 e. The molecule has 1 saturated heterocycles. The lowest BCUT2D eigenvalue weighted by molar-refractivity contribution is -0.221. The summed E-state index contributed by atoms with van der Waals surface area (Å²) in [6.07, 6.45) is -5.68. The third-order valence-electron chi connectivity index (χ3n) is 4.15. The van der Waals surface area contributed by atoms with Gasteiger partial charge >= 0.3 is 6.03 Å². The molecule has 1 aliphatic rings. The molecule has 1 fully saturated rings. The van der Waals surface area contributed by atoms with Crippen molar-refractivity contribution in [1.29, 1.82) is 0 Å². The summed E-state index contributed by atoms with van der Waals surface area (Å²) in [5.74, 6) is 0.589. The first kappa shape index (κ1) is 21.3. The normalized spacial score (nSPS) is 24.9. The minimum absolute atomic E-state index is 0.0245. The van der Waals surface area contributed by atoms with Gasteiger partial charge in [-0.3, -0.25) is 4.90 Å². The van der Waals surface area contributed by atoms with E-state index in [1.807, 2.05) is 0 Å². The highest BCUT2D eigenvalue weighted by Gasteiger charge is 2.43. The molecule has 2 rings (SSSR count). The molecule has 4 atom stereocenters. The summed E-state index contributed by atoms with van der Waals surface area (Å²) >= 11 is 5.60. The summed E-state index contributed by atoms with van der Waals surface area (Å²) in [5.41, 5.74) is 0.650. The van der Waals surface area contributed by atoms with Gasteiger partial charge in [-0.1, -0.05) is 12.1 Å². The largest absolute Gasteiger partial charge is 0.497 e. The summed E-state index contributed by atoms with van der Waals surface area (Å²) in [4.78, 5) is 24.8. The summed E-state index contributed by atoms with van der Waals surface area (Å²) in [7, 11) is 1.52. The van der Waals surface area contributed by atoms with Crippen LogP contribution in [0.4, 0.5) is 4.79 Å². The Kier molecular flexibility index (Phi) is 7.75. The zero-order chi connectivity index (χ0) is 20.0. The lowest BCUT2D eigenvalue weighted by Gasteiger charge is -2.41. The number of aliphatic hydroxyl groups is 3. The fourth-order valence-corrected chi connectivity index (χ4v) is 2.82. The maximum Gasteiger partial charge on any atom is 0.345 e. The molecule has 0 bridgehead atoms. The summed E-state index contributed by atoms with van der Waals surface area (Å²) in [5, 5.41) is 33.1. The van der Waals surface area contributed by atoms with Gasteiger partial charge in [-0.05, 0) is 17.7 Å². The van der Waals surface area contributed by atoms with E-state index in [-0.39, 0.29) is 25.6 Å². The van der Waals surface area contributed by atoms with Crippen molar-refractivity contribution in [3.8, 4) is 5.75 Å². The third-order valence-corrected chi connectivity index (χ3v) is 4.32. The van der Waals surface area contributed by atoms with Crippen LogP contribution in [0.3, 0.4) is 0 Å². The van der Waals surface area contributed by atoms with Crippen LogP contribution in [0.25, 0.3) is 0 Å². The van der Waals surface area contributed by atoms with Crippen LogP contribution in [-0.4, -0.2) is 81.9 Å². The zero-order valence-electron chi connectivity index (χ0n) is 14.6. The molecule has 3 N–H and O–H groups in total. The maximum absolute atomic E-state index is 12.8. The molecule has 10 nitrogen and oxygen atoms in total. The number of amides is 2. The van der Waals surface area contributed by atoms with Crippen molar-refractivity contribution < 1.29 is 29.6 Å². The van der Waals surface area contributed by atoms with E-state index in [0.717, 1.165) is 4.90 Å². The second kappa shape index (κ2) is 9.81. The molecule has 11 heteroatoms. The molecule has 1 aliphatic heterocycles. The Bertz CT molecular complexity index is 633. The van der Waals surface area contributed by atoms with Gasteiger partial charge in [0.15, 0.2) is 6.23 Å². The highest BCUT2D eigenvalue weighted by Crippen LogP contribution is 2.23. The standard InChI is InChI=1S/C16H22ClN3O7/c1-26-11-4-2-10(3-5-11)8-19(16(24)20(18-25)7-6-17)15-14(23)13(22)12(21)9-27-15/h2-5,12-15,21-23H,6-9H2,1H3/t12-,13-,14+,15-/m1/s1. The van der Waals surface area contributed by atoms with E-state index in [9.17, 15) is 25.0 Å².